The number of hydrogen-bond acceptors (Lipinski definition) is 0. The van der Waals surface area contributed by atoms with Gasteiger partial charge < -0.3 is 0 Å². The van der Waals surface area contributed by atoms with E-state index in [0.717, 1.165) is 0 Å². The Morgan fingerprint density at radius 1 is 0.464 bits per heavy atom. The quantitative estimate of drug-likeness (QED) is 0.272. The fourth-order valence-electron chi connectivity index (χ4n) is 4.59. The maximum absolute atomic E-state index is 2.47. The van der Waals surface area contributed by atoms with Crippen molar-refractivity contribution in [2.75, 3.05) is 0 Å². The highest BCUT2D eigenvalue weighted by molar-refractivity contribution is 6.24. The van der Waals surface area contributed by atoms with Gasteiger partial charge in [-0.15, -0.1) is 0 Å². The Labute approximate surface area is 170 Å². The molecule has 0 radical (unpaired) electrons. The van der Waals surface area contributed by atoms with Gasteiger partial charge in [0.1, 0.15) is 0 Å². The highest BCUT2D eigenvalue weighted by atomic mass is 14.3. The van der Waals surface area contributed by atoms with Gasteiger partial charge >= 0.3 is 0 Å². The summed E-state index contributed by atoms with van der Waals surface area (Å²) in [6, 6.07) is 16.7. The van der Waals surface area contributed by atoms with Crippen molar-refractivity contribution in [2.45, 2.75) is 78.6 Å². The summed E-state index contributed by atoms with van der Waals surface area (Å²) in [7, 11) is 0. The molecule has 0 aliphatic carbocycles. The van der Waals surface area contributed by atoms with E-state index in [9.17, 15) is 0 Å². The van der Waals surface area contributed by atoms with Gasteiger partial charge in [0.2, 0.25) is 0 Å². The van der Waals surface area contributed by atoms with Crippen LogP contribution in [0, 0.1) is 0 Å². The predicted octanol–water partition coefficient (Wildman–Crippen LogP) is 8.48. The van der Waals surface area contributed by atoms with Crippen LogP contribution < -0.4 is 0 Å². The zero-order valence-electron chi connectivity index (χ0n) is 19.0. The number of hydrogen-bond donors (Lipinski definition) is 0. The van der Waals surface area contributed by atoms with Crippen molar-refractivity contribution in [3.63, 3.8) is 0 Å². The highest BCUT2D eigenvalue weighted by Gasteiger charge is 2.26. The molecular weight excluding hydrogens is 336 g/mol. The predicted molar refractivity (Wildman–Crippen MR) is 126 cm³/mol. The maximum atomic E-state index is 2.47. The standard InChI is InChI=1S/C28H34/c1-26(2,3)19-14-17-10-12-20-22(27(4,5)6)16-23(28(7,8)9)21-13-11-18(15-19)24(17)25(20)21/h10-16H,1-9H3. The summed E-state index contributed by atoms with van der Waals surface area (Å²) < 4.78 is 0. The van der Waals surface area contributed by atoms with E-state index in [2.05, 4.69) is 105 Å². The monoisotopic (exact) mass is 370 g/mol. The van der Waals surface area contributed by atoms with E-state index in [1.54, 1.807) is 0 Å². The second-order valence-electron chi connectivity index (χ2n) is 11.6. The first-order valence-electron chi connectivity index (χ1n) is 10.6. The molecule has 0 atom stereocenters. The molecule has 0 amide bonds. The summed E-state index contributed by atoms with van der Waals surface area (Å²) >= 11 is 0. The summed E-state index contributed by atoms with van der Waals surface area (Å²) in [4.78, 5) is 0. The molecule has 0 heterocycles. The van der Waals surface area contributed by atoms with E-state index in [0.29, 0.717) is 0 Å². The van der Waals surface area contributed by atoms with Crippen LogP contribution in [-0.4, -0.2) is 0 Å². The first kappa shape index (κ1) is 19.2. The Morgan fingerprint density at radius 2 is 0.893 bits per heavy atom. The lowest BCUT2D eigenvalue weighted by Gasteiger charge is -2.30. The topological polar surface area (TPSA) is 0 Å². The van der Waals surface area contributed by atoms with Crippen LogP contribution in [0.15, 0.2) is 42.5 Å². The maximum Gasteiger partial charge on any atom is -0.00208 e. The van der Waals surface area contributed by atoms with Gasteiger partial charge in [0, 0.05) is 0 Å². The molecule has 0 nitrogen and oxygen atoms in total. The average molecular weight is 371 g/mol. The van der Waals surface area contributed by atoms with Crippen LogP contribution in [0.4, 0.5) is 0 Å². The molecule has 0 saturated carbocycles. The van der Waals surface area contributed by atoms with Crippen molar-refractivity contribution in [2.24, 2.45) is 0 Å². The van der Waals surface area contributed by atoms with Crippen LogP contribution in [0.5, 0.6) is 0 Å². The van der Waals surface area contributed by atoms with Crippen LogP contribution in [0.1, 0.15) is 79.0 Å². The van der Waals surface area contributed by atoms with Crippen LogP contribution >= 0.6 is 0 Å². The Hall–Kier alpha value is -2.08. The van der Waals surface area contributed by atoms with E-state index >= 15 is 0 Å². The fourth-order valence-corrected chi connectivity index (χ4v) is 4.59. The Morgan fingerprint density at radius 3 is 1.25 bits per heavy atom. The minimum atomic E-state index is 0.110. The normalized spacial score (nSPS) is 13.9. The lowest BCUT2D eigenvalue weighted by atomic mass is 9.74. The van der Waals surface area contributed by atoms with E-state index in [4.69, 9.17) is 0 Å². The summed E-state index contributed by atoms with van der Waals surface area (Å²) in [6.07, 6.45) is 0. The van der Waals surface area contributed by atoms with Crippen LogP contribution in [0.3, 0.4) is 0 Å². The molecule has 4 aromatic rings. The molecule has 0 N–H and O–H groups in total. The smallest absolute Gasteiger partial charge is 0.00208 e. The third-order valence-corrected chi connectivity index (χ3v) is 6.20. The van der Waals surface area contributed by atoms with Crippen LogP contribution in [-0.2, 0) is 16.2 Å². The van der Waals surface area contributed by atoms with Crippen LogP contribution in [0.25, 0.3) is 32.3 Å². The van der Waals surface area contributed by atoms with Gasteiger partial charge in [-0.25, -0.2) is 0 Å². The molecule has 146 valence electrons. The first-order valence-corrected chi connectivity index (χ1v) is 10.6. The van der Waals surface area contributed by atoms with Crippen molar-refractivity contribution >= 4 is 32.3 Å². The summed E-state index contributed by atoms with van der Waals surface area (Å²) in [5, 5.41) is 8.44. The molecule has 0 spiro atoms. The van der Waals surface area contributed by atoms with Gasteiger partial charge in [-0.3, -0.25) is 0 Å². The average Bonchev–Trinajstić information content (AvgIpc) is 2.56. The minimum absolute atomic E-state index is 0.110. The van der Waals surface area contributed by atoms with Crippen molar-refractivity contribution in [3.05, 3.63) is 59.2 Å². The van der Waals surface area contributed by atoms with E-state index in [1.807, 2.05) is 0 Å². The molecule has 0 saturated heterocycles. The first-order chi connectivity index (χ1) is 12.8. The van der Waals surface area contributed by atoms with Crippen molar-refractivity contribution in [1.29, 1.82) is 0 Å². The Bertz CT molecular complexity index is 1100. The van der Waals surface area contributed by atoms with Gasteiger partial charge in [0.25, 0.3) is 0 Å². The second-order valence-corrected chi connectivity index (χ2v) is 11.6. The van der Waals surface area contributed by atoms with Crippen molar-refractivity contribution in [1.82, 2.24) is 0 Å². The molecule has 4 aromatic carbocycles. The molecule has 0 heteroatoms. The van der Waals surface area contributed by atoms with Crippen molar-refractivity contribution < 1.29 is 0 Å². The summed E-state index contributed by atoms with van der Waals surface area (Å²) in [5.41, 5.74) is 4.69. The zero-order valence-corrected chi connectivity index (χ0v) is 19.0. The third-order valence-electron chi connectivity index (χ3n) is 6.20. The largest absolute Gasteiger partial charge is 0.0561 e. The minimum Gasteiger partial charge on any atom is -0.0561 e. The van der Waals surface area contributed by atoms with E-state index < -0.39 is 0 Å². The van der Waals surface area contributed by atoms with Crippen molar-refractivity contribution in [3.8, 4) is 0 Å². The third kappa shape index (κ3) is 2.89. The van der Waals surface area contributed by atoms with Gasteiger partial charge in [-0.1, -0.05) is 105 Å². The molecular formula is C28H34. The summed E-state index contributed by atoms with van der Waals surface area (Å²) in [5.74, 6) is 0. The van der Waals surface area contributed by atoms with Gasteiger partial charge in [-0.2, -0.15) is 0 Å². The molecule has 0 aliphatic heterocycles. The highest BCUT2D eigenvalue weighted by Crippen LogP contribution is 2.44. The van der Waals surface area contributed by atoms with E-state index in [1.165, 1.54) is 49.0 Å². The molecule has 0 bridgehead atoms. The van der Waals surface area contributed by atoms with Crippen LogP contribution in [0.2, 0.25) is 0 Å². The molecule has 0 aromatic heterocycles. The van der Waals surface area contributed by atoms with E-state index in [-0.39, 0.29) is 16.2 Å². The van der Waals surface area contributed by atoms with Gasteiger partial charge in [0.05, 0.1) is 0 Å². The molecule has 4 rings (SSSR count). The number of rotatable bonds is 0. The lowest BCUT2D eigenvalue weighted by molar-refractivity contribution is 0.576. The Balaban J connectivity index is 2.26. The lowest BCUT2D eigenvalue weighted by Crippen LogP contribution is -2.17. The number of benzene rings is 4. The molecule has 0 aliphatic rings. The second kappa shape index (κ2) is 5.72. The van der Waals surface area contributed by atoms with Gasteiger partial charge in [-0.05, 0) is 65.3 Å². The fraction of sp³-hybridized carbons (Fsp3) is 0.429. The SMILES string of the molecule is CC(C)(C)c1cc2ccc3c(C(C)(C)C)cc(C(C)(C)C)c4ccc(c1)c2c34. The Kier molecular flexibility index (Phi) is 3.93. The molecule has 0 fully saturated rings. The van der Waals surface area contributed by atoms with Gasteiger partial charge in [0.15, 0.2) is 0 Å². The zero-order chi connectivity index (χ0) is 20.6. The summed E-state index contributed by atoms with van der Waals surface area (Å²) in [6.45, 7) is 20.9. The molecule has 28 heavy (non-hydrogen) atoms. The molecule has 0 unspecified atom stereocenters.